The fourth-order valence-corrected chi connectivity index (χ4v) is 3.33. The van der Waals surface area contributed by atoms with Crippen LogP contribution in [0.1, 0.15) is 15.9 Å². The Morgan fingerprint density at radius 3 is 1.61 bits per heavy atom. The smallest absolute Gasteiger partial charge is 0.336 e. The number of carboxylic acid groups (broad SMARTS) is 1. The fraction of sp³-hybridized carbons (Fsp3) is 0.0400. The summed E-state index contributed by atoms with van der Waals surface area (Å²) >= 11 is 0. The van der Waals surface area contributed by atoms with Crippen LogP contribution in [0.25, 0.3) is 28.2 Å². The van der Waals surface area contributed by atoms with Crippen LogP contribution in [0.5, 0.6) is 0 Å². The molecule has 0 amide bonds. The first kappa shape index (κ1) is 17.7. The van der Waals surface area contributed by atoms with E-state index < -0.39 is 5.97 Å². The van der Waals surface area contributed by atoms with Crippen LogP contribution in [0, 0.1) is 6.92 Å². The number of carbonyl (C=O) groups is 1. The third-order valence-corrected chi connectivity index (χ3v) is 4.74. The molecular formula is C25H20NO2+. The molecular weight excluding hydrogens is 346 g/mol. The molecule has 1 N–H and O–H groups in total. The summed E-state index contributed by atoms with van der Waals surface area (Å²) in [5.41, 5.74) is 6.02. The predicted octanol–water partition coefficient (Wildman–Crippen LogP) is 5.30. The largest absolute Gasteiger partial charge is 0.478 e. The Hall–Kier alpha value is -3.72. The van der Waals surface area contributed by atoms with Crippen molar-refractivity contribution in [2.45, 2.75) is 6.92 Å². The van der Waals surface area contributed by atoms with Crippen molar-refractivity contribution >= 4 is 5.97 Å². The third-order valence-electron chi connectivity index (χ3n) is 4.74. The average molecular weight is 366 g/mol. The van der Waals surface area contributed by atoms with Crippen LogP contribution in [0.4, 0.5) is 0 Å². The number of hydrogen-bond donors (Lipinski definition) is 1. The van der Waals surface area contributed by atoms with Crippen molar-refractivity contribution in [3.8, 4) is 28.2 Å². The van der Waals surface area contributed by atoms with Crippen LogP contribution in [-0.2, 0) is 0 Å². The molecule has 1 aromatic heterocycles. The summed E-state index contributed by atoms with van der Waals surface area (Å²) in [5.74, 6) is -0.939. The summed E-state index contributed by atoms with van der Waals surface area (Å²) in [6.07, 6.45) is 0. The molecule has 0 aliphatic heterocycles. The second-order valence-electron chi connectivity index (χ2n) is 6.72. The molecule has 1 heterocycles. The molecule has 0 radical (unpaired) electrons. The van der Waals surface area contributed by atoms with Crippen LogP contribution < -0.4 is 4.57 Å². The Morgan fingerprint density at radius 1 is 0.714 bits per heavy atom. The lowest BCUT2D eigenvalue weighted by molar-refractivity contribution is -0.572. The first-order chi connectivity index (χ1) is 13.6. The molecule has 0 unspecified atom stereocenters. The maximum Gasteiger partial charge on any atom is 0.336 e. The lowest BCUT2D eigenvalue weighted by atomic mass is 10.0. The van der Waals surface area contributed by atoms with Gasteiger partial charge in [0.15, 0.2) is 0 Å². The van der Waals surface area contributed by atoms with Gasteiger partial charge in [0.05, 0.1) is 5.56 Å². The molecule has 4 aromatic rings. The standard InChI is InChI=1S/C25H19NO2/c1-18-12-14-22(15-13-18)26-23(19-8-4-2-5-9-19)16-21(25(27)28)17-24(26)20-10-6-3-7-11-20/h2-17H,1H3/p+1. The maximum absolute atomic E-state index is 11.9. The van der Waals surface area contributed by atoms with Gasteiger partial charge in [-0.15, -0.1) is 0 Å². The van der Waals surface area contributed by atoms with E-state index >= 15 is 0 Å². The Labute approximate surface area is 164 Å². The molecule has 136 valence electrons. The number of aromatic nitrogens is 1. The molecule has 3 nitrogen and oxygen atoms in total. The highest BCUT2D eigenvalue weighted by molar-refractivity contribution is 5.90. The second-order valence-corrected chi connectivity index (χ2v) is 6.72. The van der Waals surface area contributed by atoms with E-state index in [-0.39, 0.29) is 5.56 Å². The number of carboxylic acids is 1. The summed E-state index contributed by atoms with van der Waals surface area (Å²) in [4.78, 5) is 11.9. The van der Waals surface area contributed by atoms with Crippen molar-refractivity contribution in [3.63, 3.8) is 0 Å². The van der Waals surface area contributed by atoms with Gasteiger partial charge in [-0.3, -0.25) is 0 Å². The number of aromatic carboxylic acids is 1. The third kappa shape index (κ3) is 3.42. The maximum atomic E-state index is 11.9. The number of nitrogens with zero attached hydrogens (tertiary/aromatic N) is 1. The van der Waals surface area contributed by atoms with Crippen molar-refractivity contribution in [2.24, 2.45) is 0 Å². The van der Waals surface area contributed by atoms with E-state index in [1.807, 2.05) is 60.7 Å². The van der Waals surface area contributed by atoms with Gasteiger partial charge in [0, 0.05) is 35.4 Å². The normalized spacial score (nSPS) is 10.6. The molecule has 3 heteroatoms. The molecule has 0 atom stereocenters. The Morgan fingerprint density at radius 2 is 1.18 bits per heavy atom. The number of hydrogen-bond acceptors (Lipinski definition) is 1. The lowest BCUT2D eigenvalue weighted by Crippen LogP contribution is -2.37. The van der Waals surface area contributed by atoms with Crippen molar-refractivity contribution in [1.82, 2.24) is 0 Å². The van der Waals surface area contributed by atoms with Crippen molar-refractivity contribution in [1.29, 1.82) is 0 Å². The van der Waals surface area contributed by atoms with E-state index in [1.54, 1.807) is 12.1 Å². The molecule has 0 spiro atoms. The van der Waals surface area contributed by atoms with Gasteiger partial charge in [-0.05, 0) is 31.2 Å². The Balaban J connectivity index is 2.10. The minimum Gasteiger partial charge on any atom is -0.478 e. The summed E-state index contributed by atoms with van der Waals surface area (Å²) in [5, 5.41) is 9.72. The molecule has 28 heavy (non-hydrogen) atoms. The number of benzene rings is 3. The zero-order valence-corrected chi connectivity index (χ0v) is 15.5. The first-order valence-electron chi connectivity index (χ1n) is 9.15. The van der Waals surface area contributed by atoms with E-state index in [0.29, 0.717) is 0 Å². The molecule has 0 aliphatic carbocycles. The summed E-state index contributed by atoms with van der Waals surface area (Å²) in [7, 11) is 0. The number of pyridine rings is 1. The molecule has 0 saturated carbocycles. The Kier molecular flexibility index (Phi) is 4.73. The minimum atomic E-state index is -0.939. The monoisotopic (exact) mass is 366 g/mol. The first-order valence-corrected chi connectivity index (χ1v) is 9.15. The highest BCUT2D eigenvalue weighted by Gasteiger charge is 2.25. The van der Waals surface area contributed by atoms with Crippen molar-refractivity contribution in [3.05, 3.63) is 108 Å². The predicted molar refractivity (Wildman–Crippen MR) is 111 cm³/mol. The van der Waals surface area contributed by atoms with Crippen LogP contribution in [0.2, 0.25) is 0 Å². The van der Waals surface area contributed by atoms with Gasteiger partial charge in [0.2, 0.25) is 17.1 Å². The minimum absolute atomic E-state index is 0.265. The van der Waals surface area contributed by atoms with Gasteiger partial charge in [-0.25, -0.2) is 4.79 Å². The summed E-state index contributed by atoms with van der Waals surface area (Å²) in [6, 6.07) is 31.5. The summed E-state index contributed by atoms with van der Waals surface area (Å²) < 4.78 is 2.12. The van der Waals surface area contributed by atoms with Gasteiger partial charge in [0.1, 0.15) is 0 Å². The van der Waals surface area contributed by atoms with Crippen LogP contribution in [-0.4, -0.2) is 11.1 Å². The average Bonchev–Trinajstić information content (AvgIpc) is 2.74. The molecule has 0 aliphatic rings. The van der Waals surface area contributed by atoms with Crippen molar-refractivity contribution in [2.75, 3.05) is 0 Å². The van der Waals surface area contributed by atoms with Gasteiger partial charge >= 0.3 is 5.97 Å². The van der Waals surface area contributed by atoms with Crippen LogP contribution >= 0.6 is 0 Å². The molecule has 0 bridgehead atoms. The lowest BCUT2D eigenvalue weighted by Gasteiger charge is -2.11. The number of rotatable bonds is 4. The van der Waals surface area contributed by atoms with Crippen LogP contribution in [0.15, 0.2) is 97.1 Å². The molecule has 4 rings (SSSR count). The van der Waals surface area contributed by atoms with Gasteiger partial charge in [-0.1, -0.05) is 54.1 Å². The highest BCUT2D eigenvalue weighted by atomic mass is 16.4. The van der Waals surface area contributed by atoms with E-state index in [1.165, 1.54) is 5.56 Å². The Bertz CT molecular complexity index is 1060. The fourth-order valence-electron chi connectivity index (χ4n) is 3.33. The van der Waals surface area contributed by atoms with E-state index in [0.717, 1.165) is 28.2 Å². The zero-order chi connectivity index (χ0) is 19.5. The second kappa shape index (κ2) is 7.49. The van der Waals surface area contributed by atoms with Crippen LogP contribution in [0.3, 0.4) is 0 Å². The van der Waals surface area contributed by atoms with E-state index in [4.69, 9.17) is 0 Å². The SMILES string of the molecule is Cc1ccc(-[n+]2c(-c3ccccc3)cc(C(=O)O)cc2-c2ccccc2)cc1. The zero-order valence-electron chi connectivity index (χ0n) is 15.5. The van der Waals surface area contributed by atoms with Gasteiger partial charge in [0.25, 0.3) is 0 Å². The van der Waals surface area contributed by atoms with E-state index in [9.17, 15) is 9.90 Å². The van der Waals surface area contributed by atoms with Gasteiger partial charge in [-0.2, -0.15) is 4.57 Å². The van der Waals surface area contributed by atoms with Crippen molar-refractivity contribution < 1.29 is 14.5 Å². The summed E-state index contributed by atoms with van der Waals surface area (Å²) in [6.45, 7) is 2.05. The molecule has 0 saturated heterocycles. The molecule has 3 aromatic carbocycles. The van der Waals surface area contributed by atoms with E-state index in [2.05, 4.69) is 35.8 Å². The quantitative estimate of drug-likeness (QED) is 0.498. The van der Waals surface area contributed by atoms with Gasteiger partial charge < -0.3 is 5.11 Å². The number of aryl methyl sites for hydroxylation is 1. The highest BCUT2D eigenvalue weighted by Crippen LogP contribution is 2.25. The topological polar surface area (TPSA) is 41.2 Å². The molecule has 0 fully saturated rings.